The third-order valence-corrected chi connectivity index (χ3v) is 3.52. The fourth-order valence-corrected chi connectivity index (χ4v) is 2.38. The van der Waals surface area contributed by atoms with Crippen LogP contribution in [0.1, 0.15) is 11.3 Å². The normalized spacial score (nSPS) is 10.6. The van der Waals surface area contributed by atoms with E-state index >= 15 is 0 Å². The molecule has 0 radical (unpaired) electrons. The molecule has 3 rings (SSSR count). The Labute approximate surface area is 130 Å². The number of benzene rings is 1. The quantitative estimate of drug-likeness (QED) is 0.758. The zero-order valence-corrected chi connectivity index (χ0v) is 12.6. The van der Waals surface area contributed by atoms with Crippen LogP contribution in [-0.2, 0) is 13.1 Å². The summed E-state index contributed by atoms with van der Waals surface area (Å²) in [5.41, 5.74) is 3.51. The Kier molecular flexibility index (Phi) is 4.51. The fraction of sp³-hybridized carbons (Fsp3) is 0.167. The molecule has 1 N–H and O–H groups in total. The molecule has 3 aromatic rings. The molecule has 0 aliphatic rings. The van der Waals surface area contributed by atoms with Crippen LogP contribution in [0.4, 0.5) is 0 Å². The average Bonchev–Trinajstić information content (AvgIpc) is 3.04. The Morgan fingerprint density at radius 2 is 1.86 bits per heavy atom. The van der Waals surface area contributed by atoms with Crippen molar-refractivity contribution in [3.63, 3.8) is 0 Å². The predicted octanol–water partition coefficient (Wildman–Crippen LogP) is 3.17. The smallest absolute Gasteiger partial charge is 0.213 e. The Morgan fingerprint density at radius 3 is 2.59 bits per heavy atom. The van der Waals surface area contributed by atoms with Crippen LogP contribution in [0.25, 0.3) is 5.69 Å². The van der Waals surface area contributed by atoms with Gasteiger partial charge < -0.3 is 14.6 Å². The van der Waals surface area contributed by atoms with Crippen molar-refractivity contribution in [1.82, 2.24) is 14.9 Å². The number of pyridine rings is 1. The van der Waals surface area contributed by atoms with Crippen LogP contribution < -0.4 is 10.1 Å². The third kappa shape index (κ3) is 3.35. The highest BCUT2D eigenvalue weighted by Gasteiger charge is 2.04. The monoisotopic (exact) mass is 293 g/mol. The van der Waals surface area contributed by atoms with Gasteiger partial charge in [-0.2, -0.15) is 0 Å². The van der Waals surface area contributed by atoms with Crippen molar-refractivity contribution < 1.29 is 4.74 Å². The van der Waals surface area contributed by atoms with Crippen molar-refractivity contribution in [1.29, 1.82) is 0 Å². The highest BCUT2D eigenvalue weighted by atomic mass is 16.5. The first-order valence-electron chi connectivity index (χ1n) is 7.28. The van der Waals surface area contributed by atoms with Crippen molar-refractivity contribution in [2.45, 2.75) is 13.1 Å². The van der Waals surface area contributed by atoms with Gasteiger partial charge in [-0.3, -0.25) is 0 Å². The molecule has 2 aromatic heterocycles. The minimum absolute atomic E-state index is 0.625. The molecule has 22 heavy (non-hydrogen) atoms. The lowest BCUT2D eigenvalue weighted by atomic mass is 10.2. The lowest BCUT2D eigenvalue weighted by Crippen LogP contribution is -2.15. The van der Waals surface area contributed by atoms with E-state index in [-0.39, 0.29) is 0 Å². The summed E-state index contributed by atoms with van der Waals surface area (Å²) in [7, 11) is 1.62. The highest BCUT2D eigenvalue weighted by Crippen LogP contribution is 2.14. The largest absolute Gasteiger partial charge is 0.481 e. The average molecular weight is 293 g/mol. The molecule has 0 atom stereocenters. The number of rotatable bonds is 6. The maximum atomic E-state index is 5.10. The molecule has 4 heteroatoms. The standard InChI is InChI=1S/C18H19N3O/c1-22-18-10-9-17(14-20-18)21-11-5-8-16(21)13-19-12-15-6-3-2-4-7-15/h2-11,14,19H,12-13H2,1H3. The summed E-state index contributed by atoms with van der Waals surface area (Å²) in [5.74, 6) is 0.625. The predicted molar refractivity (Wildman–Crippen MR) is 87.1 cm³/mol. The first kappa shape index (κ1) is 14.4. The molecule has 0 fully saturated rings. The van der Waals surface area contributed by atoms with Crippen molar-refractivity contribution in [3.8, 4) is 11.6 Å². The van der Waals surface area contributed by atoms with Crippen LogP contribution in [0.3, 0.4) is 0 Å². The van der Waals surface area contributed by atoms with E-state index in [4.69, 9.17) is 4.74 Å². The van der Waals surface area contributed by atoms with E-state index in [0.29, 0.717) is 5.88 Å². The summed E-state index contributed by atoms with van der Waals surface area (Å²) in [6.07, 6.45) is 3.86. The summed E-state index contributed by atoms with van der Waals surface area (Å²) in [6, 6.07) is 18.4. The number of nitrogens with one attached hydrogen (secondary N) is 1. The first-order chi connectivity index (χ1) is 10.9. The van der Waals surface area contributed by atoms with Crippen LogP contribution in [0, 0.1) is 0 Å². The maximum Gasteiger partial charge on any atom is 0.213 e. The summed E-state index contributed by atoms with van der Waals surface area (Å²) in [4.78, 5) is 4.26. The molecule has 2 heterocycles. The van der Waals surface area contributed by atoms with Crippen molar-refractivity contribution in [2.24, 2.45) is 0 Å². The lowest BCUT2D eigenvalue weighted by molar-refractivity contribution is 0.398. The molecule has 4 nitrogen and oxygen atoms in total. The zero-order valence-electron chi connectivity index (χ0n) is 12.6. The van der Waals surface area contributed by atoms with Gasteiger partial charge in [-0.25, -0.2) is 4.98 Å². The molecule has 0 saturated heterocycles. The molecule has 0 aliphatic heterocycles. The Balaban J connectivity index is 1.66. The number of aromatic nitrogens is 2. The number of nitrogens with zero attached hydrogens (tertiary/aromatic N) is 2. The van der Waals surface area contributed by atoms with E-state index in [1.165, 1.54) is 11.3 Å². The van der Waals surface area contributed by atoms with E-state index in [1.54, 1.807) is 7.11 Å². The Bertz CT molecular complexity index is 705. The van der Waals surface area contributed by atoms with E-state index in [0.717, 1.165) is 18.8 Å². The summed E-state index contributed by atoms with van der Waals surface area (Å²) in [5, 5.41) is 3.47. The van der Waals surface area contributed by atoms with Crippen LogP contribution in [0.15, 0.2) is 67.0 Å². The molecule has 0 unspecified atom stereocenters. The summed E-state index contributed by atoms with van der Waals surface area (Å²) >= 11 is 0. The van der Waals surface area contributed by atoms with Crippen LogP contribution in [-0.4, -0.2) is 16.7 Å². The van der Waals surface area contributed by atoms with Gasteiger partial charge in [-0.15, -0.1) is 0 Å². The SMILES string of the molecule is COc1ccc(-n2cccc2CNCc2ccccc2)cn1. The number of hydrogen-bond donors (Lipinski definition) is 1. The molecular formula is C18H19N3O. The molecule has 112 valence electrons. The molecule has 0 amide bonds. The Morgan fingerprint density at radius 1 is 1.00 bits per heavy atom. The number of ether oxygens (including phenoxy) is 1. The molecular weight excluding hydrogens is 274 g/mol. The van der Waals surface area contributed by atoms with Gasteiger partial charge in [0.05, 0.1) is 19.0 Å². The van der Waals surface area contributed by atoms with Gasteiger partial charge >= 0.3 is 0 Å². The van der Waals surface area contributed by atoms with Crippen molar-refractivity contribution >= 4 is 0 Å². The van der Waals surface area contributed by atoms with Crippen molar-refractivity contribution in [3.05, 3.63) is 78.2 Å². The summed E-state index contributed by atoms with van der Waals surface area (Å²) in [6.45, 7) is 1.65. The minimum Gasteiger partial charge on any atom is -0.481 e. The first-order valence-corrected chi connectivity index (χ1v) is 7.28. The molecule has 1 aromatic carbocycles. The van der Waals surface area contributed by atoms with Gasteiger partial charge in [0, 0.05) is 31.0 Å². The molecule has 0 aliphatic carbocycles. The van der Waals surface area contributed by atoms with E-state index in [1.807, 2.05) is 36.7 Å². The van der Waals surface area contributed by atoms with Gasteiger partial charge in [0.2, 0.25) is 5.88 Å². The molecule has 0 bridgehead atoms. The lowest BCUT2D eigenvalue weighted by Gasteiger charge is -2.10. The highest BCUT2D eigenvalue weighted by molar-refractivity contribution is 5.34. The summed E-state index contributed by atoms with van der Waals surface area (Å²) < 4.78 is 7.23. The van der Waals surface area contributed by atoms with E-state index < -0.39 is 0 Å². The second kappa shape index (κ2) is 6.91. The van der Waals surface area contributed by atoms with Gasteiger partial charge in [0.1, 0.15) is 0 Å². The van der Waals surface area contributed by atoms with Gasteiger partial charge in [0.25, 0.3) is 0 Å². The van der Waals surface area contributed by atoms with Crippen molar-refractivity contribution in [2.75, 3.05) is 7.11 Å². The Hall–Kier alpha value is -2.59. The fourth-order valence-electron chi connectivity index (χ4n) is 2.38. The number of hydrogen-bond acceptors (Lipinski definition) is 3. The van der Waals surface area contributed by atoms with Gasteiger partial charge in [-0.05, 0) is 23.8 Å². The van der Waals surface area contributed by atoms with E-state index in [2.05, 4.69) is 45.2 Å². The van der Waals surface area contributed by atoms with Gasteiger partial charge in [-0.1, -0.05) is 30.3 Å². The second-order valence-electron chi connectivity index (χ2n) is 5.02. The third-order valence-electron chi connectivity index (χ3n) is 3.52. The molecule has 0 spiro atoms. The van der Waals surface area contributed by atoms with Crippen LogP contribution in [0.5, 0.6) is 5.88 Å². The van der Waals surface area contributed by atoms with Gasteiger partial charge in [0.15, 0.2) is 0 Å². The number of methoxy groups -OCH3 is 1. The van der Waals surface area contributed by atoms with Crippen LogP contribution in [0.2, 0.25) is 0 Å². The van der Waals surface area contributed by atoms with Crippen LogP contribution >= 0.6 is 0 Å². The minimum atomic E-state index is 0.625. The van der Waals surface area contributed by atoms with E-state index in [9.17, 15) is 0 Å². The maximum absolute atomic E-state index is 5.10. The zero-order chi connectivity index (χ0) is 15.2. The topological polar surface area (TPSA) is 39.1 Å². The second-order valence-corrected chi connectivity index (χ2v) is 5.02. The molecule has 0 saturated carbocycles.